The number of fused-ring (bicyclic) bond motifs is 1. The fourth-order valence-corrected chi connectivity index (χ4v) is 4.61. The third kappa shape index (κ3) is 8.85. The van der Waals surface area contributed by atoms with E-state index in [0.29, 0.717) is 61.4 Å². The minimum Gasteiger partial charge on any atom is -0.497 e. The van der Waals surface area contributed by atoms with E-state index in [1.54, 1.807) is 73.7 Å². The molecule has 0 aliphatic heterocycles. The second-order valence-electron chi connectivity index (χ2n) is 9.26. The van der Waals surface area contributed by atoms with Crippen molar-refractivity contribution >= 4 is 57.9 Å². The number of carboxylic acids is 2. The van der Waals surface area contributed by atoms with Crippen molar-refractivity contribution in [3.8, 4) is 11.5 Å². The number of carbonyl (C=O) groups is 4. The molecule has 0 bridgehead atoms. The molecular weight excluding hydrogens is 613 g/mol. The van der Waals surface area contributed by atoms with Gasteiger partial charge in [-0.15, -0.1) is 0 Å². The summed E-state index contributed by atoms with van der Waals surface area (Å²) < 4.78 is 16.8. The van der Waals surface area contributed by atoms with Crippen molar-refractivity contribution in [3.05, 3.63) is 106 Å². The number of nitrogens with zero attached hydrogens (tertiary/aromatic N) is 1. The summed E-state index contributed by atoms with van der Waals surface area (Å²) in [5.74, 6) is -2.00. The molecule has 4 rings (SSSR count). The van der Waals surface area contributed by atoms with Gasteiger partial charge >= 0.3 is 17.9 Å². The molecule has 4 aromatic rings. The van der Waals surface area contributed by atoms with E-state index in [-0.39, 0.29) is 18.7 Å². The molecule has 230 valence electrons. The molecule has 10 nitrogen and oxygen atoms in total. The zero-order valence-corrected chi connectivity index (χ0v) is 25.4. The predicted molar refractivity (Wildman–Crippen MR) is 165 cm³/mol. The van der Waals surface area contributed by atoms with Crippen LogP contribution in [0.4, 0.5) is 0 Å². The van der Waals surface area contributed by atoms with Crippen molar-refractivity contribution in [3.63, 3.8) is 0 Å². The van der Waals surface area contributed by atoms with Crippen LogP contribution in [0.25, 0.3) is 10.9 Å². The zero-order chi connectivity index (χ0) is 32.4. The van der Waals surface area contributed by atoms with Gasteiger partial charge in [0.25, 0.3) is 5.91 Å². The third-order valence-electron chi connectivity index (χ3n) is 6.22. The molecule has 3 aromatic carbocycles. The average molecular weight is 642 g/mol. The van der Waals surface area contributed by atoms with E-state index in [1.165, 1.54) is 11.7 Å². The van der Waals surface area contributed by atoms with Crippen molar-refractivity contribution in [2.45, 2.75) is 19.8 Å². The van der Waals surface area contributed by atoms with Gasteiger partial charge in [0, 0.05) is 21.7 Å². The summed E-state index contributed by atoms with van der Waals surface area (Å²) in [7, 11) is 1.52. The molecule has 1 aromatic heterocycles. The highest BCUT2D eigenvalue weighted by atomic mass is 35.5. The number of hydrogen-bond donors (Lipinski definition) is 2. The van der Waals surface area contributed by atoms with Gasteiger partial charge in [-0.1, -0.05) is 41.9 Å². The molecule has 0 fully saturated rings. The van der Waals surface area contributed by atoms with Crippen molar-refractivity contribution in [1.29, 1.82) is 0 Å². The monoisotopic (exact) mass is 641 g/mol. The van der Waals surface area contributed by atoms with Crippen molar-refractivity contribution in [2.75, 3.05) is 20.3 Å². The van der Waals surface area contributed by atoms with E-state index in [0.717, 1.165) is 0 Å². The summed E-state index contributed by atoms with van der Waals surface area (Å²) in [6, 6.07) is 16.6. The van der Waals surface area contributed by atoms with Gasteiger partial charge in [0.2, 0.25) is 0 Å². The first-order valence-corrected chi connectivity index (χ1v) is 13.8. The predicted octanol–water partition coefficient (Wildman–Crippen LogP) is 6.00. The number of esters is 1. The Morgan fingerprint density at radius 3 is 2.23 bits per heavy atom. The van der Waals surface area contributed by atoms with Crippen LogP contribution in [0, 0.1) is 6.92 Å². The van der Waals surface area contributed by atoms with Gasteiger partial charge < -0.3 is 24.4 Å². The Morgan fingerprint density at radius 1 is 0.932 bits per heavy atom. The summed E-state index contributed by atoms with van der Waals surface area (Å²) >= 11 is 11.8. The number of benzene rings is 3. The van der Waals surface area contributed by atoms with Crippen molar-refractivity contribution < 1.29 is 43.6 Å². The van der Waals surface area contributed by atoms with Gasteiger partial charge in [-0.2, -0.15) is 0 Å². The topological polar surface area (TPSA) is 141 Å². The van der Waals surface area contributed by atoms with Gasteiger partial charge in [-0.25, -0.2) is 4.79 Å². The normalized spacial score (nSPS) is 10.4. The summed E-state index contributed by atoms with van der Waals surface area (Å²) in [6.07, 6.45) is 1.40. The first kappa shape index (κ1) is 33.7. The number of ether oxygens (including phenoxy) is 3. The maximum absolute atomic E-state index is 13.2. The lowest BCUT2D eigenvalue weighted by molar-refractivity contribution is -0.154. The first-order valence-electron chi connectivity index (χ1n) is 13.0. The molecule has 0 saturated carbocycles. The maximum Gasteiger partial charge on any atom is 0.341 e. The molecule has 0 spiro atoms. The minimum absolute atomic E-state index is 0.0402. The van der Waals surface area contributed by atoms with E-state index in [1.807, 2.05) is 0 Å². The van der Waals surface area contributed by atoms with Gasteiger partial charge in [-0.05, 0) is 72.6 Å². The molecule has 0 amide bonds. The van der Waals surface area contributed by atoms with Crippen LogP contribution in [0.15, 0.2) is 73.3 Å². The third-order valence-corrected chi connectivity index (χ3v) is 6.77. The van der Waals surface area contributed by atoms with Gasteiger partial charge in [0.15, 0.2) is 6.61 Å². The molecule has 0 saturated heterocycles. The highest BCUT2D eigenvalue weighted by Crippen LogP contribution is 2.31. The summed E-state index contributed by atoms with van der Waals surface area (Å²) in [5, 5.41) is 18.9. The molecule has 0 atom stereocenters. The van der Waals surface area contributed by atoms with Crippen LogP contribution in [0.1, 0.15) is 27.2 Å². The van der Waals surface area contributed by atoms with Crippen molar-refractivity contribution in [2.24, 2.45) is 0 Å². The Labute approximate surface area is 263 Å². The standard InChI is InChI=1S/C21H18ClNO6.C11H11ClO3/c1-12-16(10-20(26)29-11-19(24)25)17-9-15(28-2)7-8-18(17)23(12)21(27)13-3-5-14(22)6-4-13;1-2-5-15-10-4-3-8(6-9(10)12)7-11(13)14/h3-9H,10-11H2,1-2H3,(H,24,25);2-4,6H,1,5,7H2,(H,13,14). The van der Waals surface area contributed by atoms with Crippen LogP contribution < -0.4 is 9.47 Å². The number of hydrogen-bond acceptors (Lipinski definition) is 7. The largest absolute Gasteiger partial charge is 0.497 e. The fourth-order valence-electron chi connectivity index (χ4n) is 4.23. The Bertz CT molecular complexity index is 1690. The number of carbonyl (C=O) groups excluding carboxylic acids is 2. The van der Waals surface area contributed by atoms with Crippen LogP contribution in [0.5, 0.6) is 11.5 Å². The van der Waals surface area contributed by atoms with Crippen LogP contribution >= 0.6 is 23.2 Å². The second-order valence-corrected chi connectivity index (χ2v) is 10.1. The van der Waals surface area contributed by atoms with Crippen LogP contribution in [-0.2, 0) is 32.0 Å². The number of aliphatic carboxylic acids is 2. The number of rotatable bonds is 11. The van der Waals surface area contributed by atoms with E-state index in [9.17, 15) is 19.2 Å². The van der Waals surface area contributed by atoms with E-state index in [4.69, 9.17) is 47.6 Å². The number of halogens is 2. The Morgan fingerprint density at radius 2 is 1.64 bits per heavy atom. The smallest absolute Gasteiger partial charge is 0.341 e. The Hall–Kier alpha value is -4.80. The summed E-state index contributed by atoms with van der Waals surface area (Å²) in [6.45, 7) is 4.89. The van der Waals surface area contributed by atoms with E-state index < -0.39 is 24.5 Å². The minimum atomic E-state index is -1.24. The average Bonchev–Trinajstić information content (AvgIpc) is 3.25. The van der Waals surface area contributed by atoms with Crippen LogP contribution in [0.3, 0.4) is 0 Å². The first-order chi connectivity index (χ1) is 20.9. The lowest BCUT2D eigenvalue weighted by Crippen LogP contribution is -2.16. The molecule has 1 heterocycles. The molecule has 44 heavy (non-hydrogen) atoms. The molecule has 2 N–H and O–H groups in total. The summed E-state index contributed by atoms with van der Waals surface area (Å²) in [5.41, 5.74) is 2.81. The Kier molecular flexibility index (Phi) is 12.0. The second kappa shape index (κ2) is 15.6. The molecule has 0 aliphatic carbocycles. The SMILES string of the molecule is C=CCOc1ccc(CC(=O)O)cc1Cl.COc1ccc2c(c1)c(CC(=O)OCC(=O)O)c(C)n2C(=O)c1ccc(Cl)cc1. The molecule has 0 aliphatic rings. The van der Waals surface area contributed by atoms with Crippen LogP contribution in [0.2, 0.25) is 10.0 Å². The lowest BCUT2D eigenvalue weighted by atomic mass is 10.1. The molecule has 0 unspecified atom stereocenters. The number of methoxy groups -OCH3 is 1. The quantitative estimate of drug-likeness (QED) is 0.149. The van der Waals surface area contributed by atoms with Gasteiger partial charge in [-0.3, -0.25) is 19.0 Å². The Balaban J connectivity index is 0.000000297. The summed E-state index contributed by atoms with van der Waals surface area (Å²) in [4.78, 5) is 46.4. The molecule has 0 radical (unpaired) electrons. The molecular formula is C32H29Cl2NO9. The zero-order valence-electron chi connectivity index (χ0n) is 23.8. The fraction of sp³-hybridized carbons (Fsp3) is 0.188. The molecule has 12 heteroatoms. The maximum atomic E-state index is 13.2. The van der Waals surface area contributed by atoms with Gasteiger partial charge in [0.1, 0.15) is 18.1 Å². The van der Waals surface area contributed by atoms with E-state index >= 15 is 0 Å². The number of aromatic nitrogens is 1. The lowest BCUT2D eigenvalue weighted by Gasteiger charge is -2.08. The van der Waals surface area contributed by atoms with E-state index in [2.05, 4.69) is 6.58 Å². The van der Waals surface area contributed by atoms with Crippen molar-refractivity contribution in [1.82, 2.24) is 4.57 Å². The van der Waals surface area contributed by atoms with Gasteiger partial charge in [0.05, 0.1) is 30.5 Å². The number of carboxylic acid groups (broad SMARTS) is 2. The van der Waals surface area contributed by atoms with Crippen LogP contribution in [-0.4, -0.2) is 58.9 Å². The highest BCUT2D eigenvalue weighted by Gasteiger charge is 2.22. The highest BCUT2D eigenvalue weighted by molar-refractivity contribution is 6.32.